The van der Waals surface area contributed by atoms with E-state index in [1.54, 1.807) is 0 Å². The van der Waals surface area contributed by atoms with Crippen molar-refractivity contribution in [1.29, 1.82) is 0 Å². The lowest BCUT2D eigenvalue weighted by molar-refractivity contribution is -0.145. The summed E-state index contributed by atoms with van der Waals surface area (Å²) in [4.78, 5) is 22.8. The summed E-state index contributed by atoms with van der Waals surface area (Å²) in [5.41, 5.74) is -0.0250. The lowest BCUT2D eigenvalue weighted by Gasteiger charge is -2.29. The van der Waals surface area contributed by atoms with Crippen LogP contribution in [0.25, 0.3) is 0 Å². The maximum Gasteiger partial charge on any atom is 0.306 e. The summed E-state index contributed by atoms with van der Waals surface area (Å²) in [6.07, 6.45) is 4.20. The topological polar surface area (TPSA) is 66.4 Å². The Morgan fingerprint density at radius 2 is 1.83 bits per heavy atom. The van der Waals surface area contributed by atoms with Crippen molar-refractivity contribution in [3.05, 3.63) is 0 Å². The third-order valence-corrected chi connectivity index (χ3v) is 3.48. The summed E-state index contributed by atoms with van der Waals surface area (Å²) in [6, 6.07) is 0. The molecule has 0 spiro atoms. The Bertz CT molecular complexity index is 307. The number of hydrogen-bond donors (Lipinski definition) is 2. The predicted octanol–water partition coefficient (Wildman–Crippen LogP) is 2.43. The number of carboxylic acid groups (broad SMARTS) is 1. The van der Waals surface area contributed by atoms with Crippen molar-refractivity contribution >= 4 is 11.9 Å². The Labute approximate surface area is 109 Å². The van der Waals surface area contributed by atoms with Gasteiger partial charge in [0.25, 0.3) is 0 Å². The number of carboxylic acids is 1. The van der Waals surface area contributed by atoms with Crippen molar-refractivity contribution in [1.82, 2.24) is 5.32 Å². The number of aliphatic carboxylic acids is 1. The second kappa shape index (κ2) is 6.21. The van der Waals surface area contributed by atoms with Crippen molar-refractivity contribution in [2.24, 2.45) is 17.3 Å². The fourth-order valence-corrected chi connectivity index (χ4v) is 2.57. The maximum atomic E-state index is 11.7. The SMILES string of the molecule is CC(C)(C)CC(=O)NCC1CCCCC1C(=O)O. The van der Waals surface area contributed by atoms with Crippen LogP contribution in [0.4, 0.5) is 0 Å². The van der Waals surface area contributed by atoms with Gasteiger partial charge in [0.15, 0.2) is 0 Å². The van der Waals surface area contributed by atoms with E-state index >= 15 is 0 Å². The van der Waals surface area contributed by atoms with E-state index in [1.165, 1.54) is 0 Å². The molecule has 1 saturated carbocycles. The molecule has 18 heavy (non-hydrogen) atoms. The van der Waals surface area contributed by atoms with Crippen LogP contribution < -0.4 is 5.32 Å². The first-order chi connectivity index (χ1) is 8.29. The number of nitrogens with one attached hydrogen (secondary N) is 1. The molecule has 0 aromatic heterocycles. The van der Waals surface area contributed by atoms with Crippen molar-refractivity contribution in [2.45, 2.75) is 52.9 Å². The van der Waals surface area contributed by atoms with Gasteiger partial charge >= 0.3 is 5.97 Å². The molecule has 1 rings (SSSR count). The van der Waals surface area contributed by atoms with Crippen LogP contribution in [-0.4, -0.2) is 23.5 Å². The van der Waals surface area contributed by atoms with Crippen LogP contribution in [0.3, 0.4) is 0 Å². The highest BCUT2D eigenvalue weighted by atomic mass is 16.4. The van der Waals surface area contributed by atoms with Gasteiger partial charge in [-0.25, -0.2) is 0 Å². The number of carbonyl (C=O) groups excluding carboxylic acids is 1. The van der Waals surface area contributed by atoms with Crippen LogP contribution in [0, 0.1) is 17.3 Å². The maximum absolute atomic E-state index is 11.7. The Balaban J connectivity index is 2.41. The normalized spacial score (nSPS) is 24.6. The van der Waals surface area contributed by atoms with E-state index in [0.29, 0.717) is 13.0 Å². The highest BCUT2D eigenvalue weighted by molar-refractivity contribution is 5.76. The Morgan fingerprint density at radius 3 is 2.39 bits per heavy atom. The molecule has 4 heteroatoms. The minimum absolute atomic E-state index is 0.0250. The van der Waals surface area contributed by atoms with Gasteiger partial charge in [-0.2, -0.15) is 0 Å². The highest BCUT2D eigenvalue weighted by Gasteiger charge is 2.31. The van der Waals surface area contributed by atoms with Crippen LogP contribution in [0.15, 0.2) is 0 Å². The lowest BCUT2D eigenvalue weighted by Crippen LogP contribution is -2.38. The fraction of sp³-hybridized carbons (Fsp3) is 0.857. The summed E-state index contributed by atoms with van der Waals surface area (Å²) in [7, 11) is 0. The molecule has 2 unspecified atom stereocenters. The molecule has 0 heterocycles. The van der Waals surface area contributed by atoms with Gasteiger partial charge in [-0.3, -0.25) is 9.59 Å². The van der Waals surface area contributed by atoms with E-state index in [0.717, 1.165) is 25.7 Å². The number of carbonyl (C=O) groups is 2. The molecule has 0 aromatic rings. The highest BCUT2D eigenvalue weighted by Crippen LogP contribution is 2.29. The Kier molecular flexibility index (Phi) is 5.17. The van der Waals surface area contributed by atoms with Gasteiger partial charge in [-0.1, -0.05) is 33.6 Å². The van der Waals surface area contributed by atoms with Crippen molar-refractivity contribution < 1.29 is 14.7 Å². The molecule has 104 valence electrons. The molecule has 1 aliphatic rings. The van der Waals surface area contributed by atoms with E-state index in [4.69, 9.17) is 5.11 Å². The third-order valence-electron chi connectivity index (χ3n) is 3.48. The van der Waals surface area contributed by atoms with Crippen LogP contribution >= 0.6 is 0 Å². The Hall–Kier alpha value is -1.06. The first-order valence-electron chi connectivity index (χ1n) is 6.79. The number of rotatable bonds is 4. The molecule has 2 atom stereocenters. The second-order valence-electron chi connectivity index (χ2n) is 6.53. The zero-order valence-electron chi connectivity index (χ0n) is 11.7. The van der Waals surface area contributed by atoms with E-state index in [9.17, 15) is 9.59 Å². The van der Waals surface area contributed by atoms with Gasteiger partial charge in [0, 0.05) is 13.0 Å². The predicted molar refractivity (Wildman–Crippen MR) is 70.2 cm³/mol. The molecule has 0 bridgehead atoms. The minimum Gasteiger partial charge on any atom is -0.481 e. The largest absolute Gasteiger partial charge is 0.481 e. The average Bonchev–Trinajstić information content (AvgIpc) is 2.24. The standard InChI is InChI=1S/C14H25NO3/c1-14(2,3)8-12(16)15-9-10-6-4-5-7-11(10)13(17)18/h10-11H,4-9H2,1-3H3,(H,15,16)(H,17,18). The molecule has 4 nitrogen and oxygen atoms in total. The lowest BCUT2D eigenvalue weighted by atomic mass is 9.79. The van der Waals surface area contributed by atoms with Crippen molar-refractivity contribution in [3.8, 4) is 0 Å². The Morgan fingerprint density at radius 1 is 1.22 bits per heavy atom. The van der Waals surface area contributed by atoms with Gasteiger partial charge in [-0.15, -0.1) is 0 Å². The quantitative estimate of drug-likeness (QED) is 0.810. The average molecular weight is 255 g/mol. The van der Waals surface area contributed by atoms with Crippen LogP contribution in [-0.2, 0) is 9.59 Å². The number of amides is 1. The summed E-state index contributed by atoms with van der Waals surface area (Å²) in [5, 5.41) is 12.0. The zero-order valence-corrected chi connectivity index (χ0v) is 11.7. The molecule has 0 radical (unpaired) electrons. The minimum atomic E-state index is -0.718. The first-order valence-corrected chi connectivity index (χ1v) is 6.79. The van der Waals surface area contributed by atoms with Gasteiger partial charge in [0.1, 0.15) is 0 Å². The molecule has 0 saturated heterocycles. The van der Waals surface area contributed by atoms with Crippen LogP contribution in [0.1, 0.15) is 52.9 Å². The van der Waals surface area contributed by atoms with Crippen molar-refractivity contribution in [2.75, 3.05) is 6.54 Å². The number of hydrogen-bond acceptors (Lipinski definition) is 2. The van der Waals surface area contributed by atoms with E-state index < -0.39 is 5.97 Å². The second-order valence-corrected chi connectivity index (χ2v) is 6.53. The smallest absolute Gasteiger partial charge is 0.306 e. The molecule has 1 amide bonds. The molecule has 0 aromatic carbocycles. The van der Waals surface area contributed by atoms with Gasteiger partial charge in [0.05, 0.1) is 5.92 Å². The first kappa shape index (κ1) is 15.0. The molecule has 0 aliphatic heterocycles. The molecular weight excluding hydrogens is 230 g/mol. The van der Waals surface area contributed by atoms with E-state index in [2.05, 4.69) is 5.32 Å². The monoisotopic (exact) mass is 255 g/mol. The summed E-state index contributed by atoms with van der Waals surface area (Å²) in [5.74, 6) is -0.879. The van der Waals surface area contributed by atoms with Gasteiger partial charge < -0.3 is 10.4 Å². The van der Waals surface area contributed by atoms with Crippen LogP contribution in [0.2, 0.25) is 0 Å². The van der Waals surface area contributed by atoms with E-state index in [-0.39, 0.29) is 23.2 Å². The zero-order chi connectivity index (χ0) is 13.8. The molecule has 1 aliphatic carbocycles. The molecule has 1 fully saturated rings. The summed E-state index contributed by atoms with van der Waals surface area (Å²) in [6.45, 7) is 6.57. The van der Waals surface area contributed by atoms with Gasteiger partial charge in [-0.05, 0) is 24.2 Å². The fourth-order valence-electron chi connectivity index (χ4n) is 2.57. The summed E-state index contributed by atoms with van der Waals surface area (Å²) < 4.78 is 0. The molecular formula is C14H25NO3. The van der Waals surface area contributed by atoms with E-state index in [1.807, 2.05) is 20.8 Å². The van der Waals surface area contributed by atoms with Gasteiger partial charge in [0.2, 0.25) is 5.91 Å². The third kappa shape index (κ3) is 5.07. The van der Waals surface area contributed by atoms with Crippen molar-refractivity contribution in [3.63, 3.8) is 0 Å². The summed E-state index contributed by atoms with van der Waals surface area (Å²) >= 11 is 0. The molecule has 2 N–H and O–H groups in total. The van der Waals surface area contributed by atoms with Crippen LogP contribution in [0.5, 0.6) is 0 Å².